The molecule has 1 aliphatic heterocycles. The number of anilines is 2. The standard InChI is InChI=1S/C24H26N6O2/c25-23(26)27-13-7-12-24(30-17-10-5-2-6-11-17)15-19-18(21(31)29-22(19)32)14-20(24)28-16-8-3-1-4-9-16/h1-6,8-11,14-15,18,28,30H,7,12-13H2,(H4,25,26,27)(H,29,31,32). The van der Waals surface area contributed by atoms with E-state index in [0.717, 1.165) is 17.1 Å². The molecule has 7 N–H and O–H groups in total. The predicted molar refractivity (Wildman–Crippen MR) is 125 cm³/mol. The summed E-state index contributed by atoms with van der Waals surface area (Å²) in [5, 5.41) is 19.7. The molecule has 1 aliphatic carbocycles. The number of carbonyl (C=O) groups is 2. The van der Waals surface area contributed by atoms with E-state index < -0.39 is 11.5 Å². The van der Waals surface area contributed by atoms with E-state index in [2.05, 4.69) is 21.3 Å². The SMILES string of the molecule is N=C(N)NCCCC1(Nc2ccccc2)C=C2C(=O)NC(=O)C2C=C1Nc1ccccc1. The van der Waals surface area contributed by atoms with Crippen molar-refractivity contribution in [2.75, 3.05) is 17.2 Å². The molecule has 2 aromatic rings. The summed E-state index contributed by atoms with van der Waals surface area (Å²) in [7, 11) is 0. The first-order valence-corrected chi connectivity index (χ1v) is 10.5. The molecule has 0 radical (unpaired) electrons. The van der Waals surface area contributed by atoms with Crippen molar-refractivity contribution in [1.82, 2.24) is 10.6 Å². The van der Waals surface area contributed by atoms with Gasteiger partial charge in [0.1, 0.15) is 0 Å². The lowest BCUT2D eigenvalue weighted by atomic mass is 9.78. The quantitative estimate of drug-likeness (QED) is 0.165. The van der Waals surface area contributed by atoms with Crippen LogP contribution in [0, 0.1) is 11.3 Å². The zero-order valence-electron chi connectivity index (χ0n) is 17.5. The van der Waals surface area contributed by atoms with Crippen molar-refractivity contribution >= 4 is 29.1 Å². The number of amides is 2. The van der Waals surface area contributed by atoms with Crippen LogP contribution in [0.25, 0.3) is 0 Å². The highest BCUT2D eigenvalue weighted by Crippen LogP contribution is 2.39. The van der Waals surface area contributed by atoms with Crippen molar-refractivity contribution < 1.29 is 9.59 Å². The Balaban J connectivity index is 1.74. The van der Waals surface area contributed by atoms with Crippen LogP contribution in [0.1, 0.15) is 12.8 Å². The molecule has 0 spiro atoms. The number of hydrogen-bond donors (Lipinski definition) is 6. The Hall–Kier alpha value is -4.07. The highest BCUT2D eigenvalue weighted by Gasteiger charge is 2.45. The van der Waals surface area contributed by atoms with Crippen molar-refractivity contribution in [2.24, 2.45) is 11.7 Å². The molecular weight excluding hydrogens is 404 g/mol. The fourth-order valence-electron chi connectivity index (χ4n) is 4.10. The Labute approximate surface area is 186 Å². The van der Waals surface area contributed by atoms with Gasteiger partial charge in [-0.05, 0) is 49.3 Å². The fourth-order valence-corrected chi connectivity index (χ4v) is 4.10. The third kappa shape index (κ3) is 4.49. The normalized spacial score (nSPS) is 21.7. The van der Waals surface area contributed by atoms with E-state index in [1.165, 1.54) is 0 Å². The number of fused-ring (bicyclic) bond motifs is 1. The van der Waals surface area contributed by atoms with Crippen molar-refractivity contribution in [3.63, 3.8) is 0 Å². The first-order valence-electron chi connectivity index (χ1n) is 10.5. The van der Waals surface area contributed by atoms with E-state index >= 15 is 0 Å². The van der Waals surface area contributed by atoms with Crippen molar-refractivity contribution in [3.05, 3.63) is 84.1 Å². The molecule has 0 bridgehead atoms. The third-order valence-electron chi connectivity index (χ3n) is 5.59. The molecule has 2 aliphatic rings. The van der Waals surface area contributed by atoms with Gasteiger partial charge in [-0.15, -0.1) is 0 Å². The van der Waals surface area contributed by atoms with Gasteiger partial charge in [-0.3, -0.25) is 20.3 Å². The summed E-state index contributed by atoms with van der Waals surface area (Å²) in [5.41, 5.74) is 7.64. The van der Waals surface area contributed by atoms with Crippen LogP contribution in [0.3, 0.4) is 0 Å². The Kier molecular flexibility index (Phi) is 5.93. The van der Waals surface area contributed by atoms with Gasteiger partial charge in [0.15, 0.2) is 5.96 Å². The molecule has 32 heavy (non-hydrogen) atoms. The first-order chi connectivity index (χ1) is 15.5. The van der Waals surface area contributed by atoms with Crippen LogP contribution in [-0.2, 0) is 9.59 Å². The summed E-state index contributed by atoms with van der Waals surface area (Å²) in [6.07, 6.45) is 4.95. The zero-order valence-corrected chi connectivity index (χ0v) is 17.5. The van der Waals surface area contributed by atoms with E-state index in [0.29, 0.717) is 25.0 Å². The van der Waals surface area contributed by atoms with Gasteiger partial charge in [0.25, 0.3) is 5.91 Å². The molecule has 1 fully saturated rings. The number of carbonyl (C=O) groups excluding carboxylic acids is 2. The Morgan fingerprint density at radius 2 is 1.69 bits per heavy atom. The lowest BCUT2D eigenvalue weighted by molar-refractivity contribution is -0.125. The highest BCUT2D eigenvalue weighted by molar-refractivity contribution is 6.16. The number of benzene rings is 2. The van der Waals surface area contributed by atoms with Gasteiger partial charge in [-0.25, -0.2) is 0 Å². The molecule has 2 amide bonds. The second kappa shape index (κ2) is 8.97. The van der Waals surface area contributed by atoms with E-state index in [4.69, 9.17) is 11.1 Å². The minimum absolute atomic E-state index is 0.0870. The summed E-state index contributed by atoms with van der Waals surface area (Å²) in [5.74, 6) is -1.40. The van der Waals surface area contributed by atoms with Gasteiger partial charge in [-0.2, -0.15) is 0 Å². The minimum Gasteiger partial charge on any atom is -0.371 e. The van der Waals surface area contributed by atoms with E-state index in [1.54, 1.807) is 0 Å². The molecule has 164 valence electrons. The summed E-state index contributed by atoms with van der Waals surface area (Å²) >= 11 is 0. The highest BCUT2D eigenvalue weighted by atomic mass is 16.2. The van der Waals surface area contributed by atoms with E-state index in [1.807, 2.05) is 72.8 Å². The molecule has 0 saturated carbocycles. The van der Waals surface area contributed by atoms with Crippen LogP contribution >= 0.6 is 0 Å². The lowest BCUT2D eigenvalue weighted by Crippen LogP contribution is -2.45. The number of nitrogens with one attached hydrogen (secondary N) is 5. The van der Waals surface area contributed by atoms with Crippen molar-refractivity contribution in [3.8, 4) is 0 Å². The summed E-state index contributed by atoms with van der Waals surface area (Å²) in [4.78, 5) is 24.9. The third-order valence-corrected chi connectivity index (χ3v) is 5.59. The Morgan fingerprint density at radius 3 is 2.34 bits per heavy atom. The average Bonchev–Trinajstić information content (AvgIpc) is 3.05. The molecule has 4 rings (SSSR count). The number of para-hydroxylation sites is 2. The van der Waals surface area contributed by atoms with Gasteiger partial charge in [0, 0.05) is 29.2 Å². The fraction of sp³-hybridized carbons (Fsp3) is 0.208. The van der Waals surface area contributed by atoms with Crippen LogP contribution in [-0.4, -0.2) is 29.9 Å². The average molecular weight is 431 g/mol. The smallest absolute Gasteiger partial charge is 0.254 e. The van der Waals surface area contributed by atoms with Crippen molar-refractivity contribution in [2.45, 2.75) is 18.4 Å². The molecule has 1 heterocycles. The molecule has 8 nitrogen and oxygen atoms in total. The molecule has 2 unspecified atom stereocenters. The van der Waals surface area contributed by atoms with E-state index in [9.17, 15) is 9.59 Å². The molecule has 8 heteroatoms. The first kappa shape index (κ1) is 21.2. The number of imide groups is 1. The molecular formula is C24H26N6O2. The van der Waals surface area contributed by atoms with Gasteiger partial charge in [-0.1, -0.05) is 36.4 Å². The monoisotopic (exact) mass is 430 g/mol. The van der Waals surface area contributed by atoms with Gasteiger partial charge < -0.3 is 21.7 Å². The van der Waals surface area contributed by atoms with Crippen LogP contribution in [0.2, 0.25) is 0 Å². The topological polar surface area (TPSA) is 132 Å². The van der Waals surface area contributed by atoms with Gasteiger partial charge in [0.2, 0.25) is 5.91 Å². The second-order valence-electron chi connectivity index (χ2n) is 7.87. The largest absolute Gasteiger partial charge is 0.371 e. The predicted octanol–water partition coefficient (Wildman–Crippen LogP) is 2.31. The lowest BCUT2D eigenvalue weighted by Gasteiger charge is -2.39. The molecule has 2 aromatic carbocycles. The number of guanidine groups is 1. The minimum atomic E-state index is -0.774. The number of hydrogen-bond acceptors (Lipinski definition) is 5. The number of nitrogens with two attached hydrogens (primary N) is 1. The van der Waals surface area contributed by atoms with E-state index in [-0.39, 0.29) is 17.8 Å². The maximum atomic E-state index is 12.5. The Bertz CT molecular complexity index is 1080. The van der Waals surface area contributed by atoms with Gasteiger partial charge in [0.05, 0.1) is 11.5 Å². The summed E-state index contributed by atoms with van der Waals surface area (Å²) < 4.78 is 0. The second-order valence-corrected chi connectivity index (χ2v) is 7.87. The van der Waals surface area contributed by atoms with Crippen LogP contribution in [0.5, 0.6) is 0 Å². The van der Waals surface area contributed by atoms with Crippen LogP contribution in [0.15, 0.2) is 84.1 Å². The molecule has 1 saturated heterocycles. The van der Waals surface area contributed by atoms with Gasteiger partial charge >= 0.3 is 0 Å². The maximum absolute atomic E-state index is 12.5. The molecule has 0 aromatic heterocycles. The molecule has 2 atom stereocenters. The zero-order chi connectivity index (χ0) is 22.6. The maximum Gasteiger partial charge on any atom is 0.254 e. The Morgan fingerprint density at radius 1 is 1.03 bits per heavy atom. The summed E-state index contributed by atoms with van der Waals surface area (Å²) in [6.45, 7) is 0.504. The van der Waals surface area contributed by atoms with Crippen LogP contribution < -0.4 is 27.0 Å². The summed E-state index contributed by atoms with van der Waals surface area (Å²) in [6, 6.07) is 19.4. The number of rotatable bonds is 8. The van der Waals surface area contributed by atoms with Crippen LogP contribution in [0.4, 0.5) is 11.4 Å². The van der Waals surface area contributed by atoms with Crippen molar-refractivity contribution in [1.29, 1.82) is 5.41 Å².